The van der Waals surface area contributed by atoms with E-state index in [1.165, 1.54) is 18.2 Å². The number of rotatable bonds is 7. The molecule has 1 aromatic heterocycles. The zero-order chi connectivity index (χ0) is 23.5. The van der Waals surface area contributed by atoms with Gasteiger partial charge in [0.2, 0.25) is 0 Å². The van der Waals surface area contributed by atoms with Crippen molar-refractivity contribution in [2.24, 2.45) is 4.99 Å². The number of fused-ring (bicyclic) bond motifs is 1. The van der Waals surface area contributed by atoms with Gasteiger partial charge in [0.05, 0.1) is 24.4 Å². The lowest BCUT2D eigenvalue weighted by molar-refractivity contribution is -0.137. The van der Waals surface area contributed by atoms with Crippen LogP contribution in [0.1, 0.15) is 12.1 Å². The van der Waals surface area contributed by atoms with Crippen LogP contribution in [0.15, 0.2) is 47.6 Å². The van der Waals surface area contributed by atoms with E-state index in [2.05, 4.69) is 9.98 Å². The first-order valence-electron chi connectivity index (χ1n) is 10.4. The topological polar surface area (TPSA) is 108 Å². The number of pyridine rings is 1. The van der Waals surface area contributed by atoms with Crippen LogP contribution in [0.3, 0.4) is 0 Å². The van der Waals surface area contributed by atoms with E-state index in [0.717, 1.165) is 4.90 Å². The number of hydrogen-bond donors (Lipinski definition) is 1. The Kier molecular flexibility index (Phi) is 6.66. The molecular weight excluding hydrogens is 450 g/mol. The number of halogens is 1. The first-order chi connectivity index (χ1) is 15.9. The quantitative estimate of drug-likeness (QED) is 0.655. The lowest BCUT2D eigenvalue weighted by Gasteiger charge is -2.41. The number of nitrogens with zero attached hydrogens (tertiary/aromatic N) is 5. The zero-order valence-electron chi connectivity index (χ0n) is 18.2. The van der Waals surface area contributed by atoms with Gasteiger partial charge in [0.1, 0.15) is 0 Å². The highest BCUT2D eigenvalue weighted by molar-refractivity contribution is 6.30. The highest BCUT2D eigenvalue weighted by atomic mass is 35.5. The number of methoxy groups -OCH3 is 1. The second-order valence-electron chi connectivity index (χ2n) is 7.58. The Hall–Kier alpha value is -3.37. The number of carbonyl (C=O) groups excluding carboxylic acids is 2. The Morgan fingerprint density at radius 3 is 2.58 bits per heavy atom. The highest BCUT2D eigenvalue weighted by Gasteiger charge is 2.52. The van der Waals surface area contributed by atoms with Gasteiger partial charge in [0.25, 0.3) is 11.9 Å². The van der Waals surface area contributed by atoms with Crippen LogP contribution in [0.4, 0.5) is 4.79 Å². The monoisotopic (exact) mass is 473 g/mol. The third-order valence-electron chi connectivity index (χ3n) is 5.49. The Balaban J connectivity index is 1.70. The van der Waals surface area contributed by atoms with E-state index in [1.807, 2.05) is 6.07 Å². The fourth-order valence-corrected chi connectivity index (χ4v) is 3.93. The molecule has 2 aliphatic rings. The van der Waals surface area contributed by atoms with Gasteiger partial charge in [-0.05, 0) is 30.7 Å². The molecule has 2 aliphatic heterocycles. The number of amidine groups is 1. The number of aromatic nitrogens is 1. The van der Waals surface area contributed by atoms with Crippen molar-refractivity contribution in [3.8, 4) is 11.5 Å². The summed E-state index contributed by atoms with van der Waals surface area (Å²) >= 11 is 5.97. The Morgan fingerprint density at radius 2 is 1.91 bits per heavy atom. The maximum Gasteiger partial charge on any atom is 0.328 e. The zero-order valence-corrected chi connectivity index (χ0v) is 19.0. The minimum absolute atomic E-state index is 0.109. The van der Waals surface area contributed by atoms with Crippen molar-refractivity contribution in [2.75, 3.05) is 27.3 Å². The number of para-hydroxylation sites is 2. The van der Waals surface area contributed by atoms with Gasteiger partial charge in [0.15, 0.2) is 23.7 Å². The maximum atomic E-state index is 13.4. The van der Waals surface area contributed by atoms with Gasteiger partial charge < -0.3 is 24.4 Å². The number of imide groups is 1. The SMILES string of the molecule is COc1ccccc1OC1=NC2C(C(=O)N(CCCO)C(=O)N2C)N1Cc1ccc(Cl)cn1. The van der Waals surface area contributed by atoms with Crippen molar-refractivity contribution >= 4 is 29.6 Å². The van der Waals surface area contributed by atoms with Crippen molar-refractivity contribution in [3.05, 3.63) is 53.3 Å². The molecular formula is C22H24ClN5O5. The summed E-state index contributed by atoms with van der Waals surface area (Å²) in [6, 6.07) is 9.43. The Morgan fingerprint density at radius 1 is 1.15 bits per heavy atom. The number of benzene rings is 1. The molecule has 0 saturated carbocycles. The van der Waals surface area contributed by atoms with E-state index < -0.39 is 24.1 Å². The molecule has 0 bridgehead atoms. The van der Waals surface area contributed by atoms with Crippen molar-refractivity contribution in [1.29, 1.82) is 0 Å². The van der Waals surface area contributed by atoms with Crippen molar-refractivity contribution < 1.29 is 24.2 Å². The second-order valence-corrected chi connectivity index (χ2v) is 8.02. The van der Waals surface area contributed by atoms with Crippen LogP contribution in [-0.2, 0) is 11.3 Å². The van der Waals surface area contributed by atoms with Gasteiger partial charge in [-0.25, -0.2) is 9.79 Å². The van der Waals surface area contributed by atoms with Crippen LogP contribution in [0.25, 0.3) is 0 Å². The number of ether oxygens (including phenoxy) is 2. The molecule has 174 valence electrons. The van der Waals surface area contributed by atoms with E-state index in [0.29, 0.717) is 22.2 Å². The molecule has 1 fully saturated rings. The number of aliphatic hydroxyl groups excluding tert-OH is 1. The van der Waals surface area contributed by atoms with Gasteiger partial charge in [-0.1, -0.05) is 23.7 Å². The van der Waals surface area contributed by atoms with E-state index in [9.17, 15) is 14.7 Å². The number of urea groups is 1. The summed E-state index contributed by atoms with van der Waals surface area (Å²) in [4.78, 5) is 39.4. The fourth-order valence-electron chi connectivity index (χ4n) is 3.82. The smallest absolute Gasteiger partial charge is 0.328 e. The van der Waals surface area contributed by atoms with Crippen molar-refractivity contribution in [3.63, 3.8) is 0 Å². The summed E-state index contributed by atoms with van der Waals surface area (Å²) in [5.74, 6) is 0.512. The summed E-state index contributed by atoms with van der Waals surface area (Å²) in [5.41, 5.74) is 0.644. The standard InChI is InChI=1S/C22H24ClN5O5/c1-26-19-18(20(30)27(22(26)31)10-5-11-29)28(13-15-9-8-14(23)12-24-15)21(25-19)33-17-7-4-3-6-16(17)32-2/h3-4,6-9,12,18-19,29H,5,10-11,13H2,1-2H3. The molecule has 3 heterocycles. The van der Waals surface area contributed by atoms with Crippen LogP contribution in [0.5, 0.6) is 11.5 Å². The Bertz CT molecular complexity index is 1060. The van der Waals surface area contributed by atoms with E-state index >= 15 is 0 Å². The fraction of sp³-hybridized carbons (Fsp3) is 0.364. The van der Waals surface area contributed by atoms with Gasteiger partial charge >= 0.3 is 6.03 Å². The first kappa shape index (κ1) is 22.8. The summed E-state index contributed by atoms with van der Waals surface area (Å²) in [6.07, 6.45) is 1.04. The third kappa shape index (κ3) is 4.44. The molecule has 2 aromatic rings. The molecule has 11 heteroatoms. The first-order valence-corrected chi connectivity index (χ1v) is 10.8. The van der Waals surface area contributed by atoms with Crippen LogP contribution in [-0.4, -0.2) is 82.3 Å². The number of aliphatic hydroxyl groups is 1. The lowest BCUT2D eigenvalue weighted by atomic mass is 10.1. The number of amides is 3. The van der Waals surface area contributed by atoms with Crippen LogP contribution < -0.4 is 9.47 Å². The second kappa shape index (κ2) is 9.63. The van der Waals surface area contributed by atoms with Crippen LogP contribution in [0.2, 0.25) is 5.02 Å². The predicted molar refractivity (Wildman–Crippen MR) is 120 cm³/mol. The van der Waals surface area contributed by atoms with Crippen LogP contribution >= 0.6 is 11.6 Å². The number of likely N-dealkylation sites (N-methyl/N-ethyl adjacent to an activating group) is 1. The number of aliphatic imine (C=N–C) groups is 1. The Labute approximate surface area is 196 Å². The molecule has 1 saturated heterocycles. The predicted octanol–water partition coefficient (Wildman–Crippen LogP) is 1.97. The molecule has 0 radical (unpaired) electrons. The van der Waals surface area contributed by atoms with Gasteiger partial charge in [-0.3, -0.25) is 14.7 Å². The van der Waals surface area contributed by atoms with Crippen molar-refractivity contribution in [2.45, 2.75) is 25.2 Å². The summed E-state index contributed by atoms with van der Waals surface area (Å²) in [7, 11) is 3.12. The number of hydrogen-bond acceptors (Lipinski definition) is 8. The van der Waals surface area contributed by atoms with Gasteiger partial charge in [0, 0.05) is 26.4 Å². The van der Waals surface area contributed by atoms with Gasteiger partial charge in [-0.15, -0.1) is 0 Å². The molecule has 1 N–H and O–H groups in total. The maximum absolute atomic E-state index is 13.4. The van der Waals surface area contributed by atoms with E-state index in [1.54, 1.807) is 42.3 Å². The highest BCUT2D eigenvalue weighted by Crippen LogP contribution is 2.32. The number of carbonyl (C=O) groups is 2. The minimum atomic E-state index is -0.812. The molecule has 0 spiro atoms. The average Bonchev–Trinajstić information content (AvgIpc) is 3.17. The largest absolute Gasteiger partial charge is 0.493 e. The molecule has 1 aromatic carbocycles. The average molecular weight is 474 g/mol. The van der Waals surface area contributed by atoms with Crippen molar-refractivity contribution in [1.82, 2.24) is 19.7 Å². The molecule has 2 unspecified atom stereocenters. The molecule has 3 amide bonds. The minimum Gasteiger partial charge on any atom is -0.493 e. The van der Waals surface area contributed by atoms with E-state index in [-0.39, 0.29) is 32.1 Å². The van der Waals surface area contributed by atoms with Crippen LogP contribution in [0, 0.1) is 0 Å². The molecule has 33 heavy (non-hydrogen) atoms. The normalized spacial score (nSPS) is 20.1. The molecule has 10 nitrogen and oxygen atoms in total. The molecule has 2 atom stereocenters. The summed E-state index contributed by atoms with van der Waals surface area (Å²) < 4.78 is 11.5. The van der Waals surface area contributed by atoms with Gasteiger partial charge in [-0.2, -0.15) is 0 Å². The summed E-state index contributed by atoms with van der Waals surface area (Å²) in [5, 5.41) is 9.69. The summed E-state index contributed by atoms with van der Waals surface area (Å²) in [6.45, 7) is 0.178. The third-order valence-corrected chi connectivity index (χ3v) is 5.71. The molecule has 0 aliphatic carbocycles. The molecule has 4 rings (SSSR count). The lowest BCUT2D eigenvalue weighted by Crippen LogP contribution is -2.65. The van der Waals surface area contributed by atoms with E-state index in [4.69, 9.17) is 21.1 Å².